The summed E-state index contributed by atoms with van der Waals surface area (Å²) in [5.74, 6) is -0.102. The van der Waals surface area contributed by atoms with E-state index in [9.17, 15) is 11.0 Å². The van der Waals surface area contributed by atoms with Crippen LogP contribution in [0.3, 0.4) is 0 Å². The molecule has 1 aromatic carbocycles. The van der Waals surface area contributed by atoms with Crippen molar-refractivity contribution in [3.63, 3.8) is 0 Å². The first-order valence-corrected chi connectivity index (χ1v) is 12.4. The standard InChI is InChI=1S/C27H33FN8O/c1-27(2,3)15-32-24-17(11-29)13-31-26-20(24)9-18(10-22(26)37-4)33-25(16-5-8-23(28)30-12-16)21-14-36(35-34-21)19-6-7-19/h5,8-10,12-13,19,21,25,33-35H,6-7,14-15H2,1-4H3,(H,31,32)/i25D. The van der Waals surface area contributed by atoms with Crippen LogP contribution in [-0.2, 0) is 0 Å². The van der Waals surface area contributed by atoms with E-state index in [2.05, 4.69) is 63.4 Å². The van der Waals surface area contributed by atoms with E-state index in [1.165, 1.54) is 12.3 Å². The van der Waals surface area contributed by atoms with Gasteiger partial charge in [-0.05, 0) is 36.0 Å². The monoisotopic (exact) mass is 505 g/mol. The molecule has 1 saturated heterocycles. The topological polar surface area (TPSA) is 110 Å². The van der Waals surface area contributed by atoms with Crippen LogP contribution in [0.4, 0.5) is 15.8 Å². The van der Waals surface area contributed by atoms with Crippen molar-refractivity contribution in [1.29, 1.82) is 5.26 Å². The Bertz CT molecular complexity index is 1370. The van der Waals surface area contributed by atoms with Crippen molar-refractivity contribution in [3.05, 3.63) is 53.7 Å². The van der Waals surface area contributed by atoms with Gasteiger partial charge in [0.05, 0.1) is 31.8 Å². The first kappa shape index (κ1) is 23.9. The minimum atomic E-state index is -1.42. The Labute approximate surface area is 217 Å². The Balaban J connectivity index is 1.59. The van der Waals surface area contributed by atoms with Crippen LogP contribution in [0, 0.1) is 22.7 Å². The van der Waals surface area contributed by atoms with Gasteiger partial charge in [0.2, 0.25) is 5.95 Å². The highest BCUT2D eigenvalue weighted by molar-refractivity contribution is 5.99. The molecule has 3 aromatic rings. The number of anilines is 2. The van der Waals surface area contributed by atoms with Gasteiger partial charge in [-0.2, -0.15) is 15.2 Å². The Morgan fingerprint density at radius 1 is 1.30 bits per heavy atom. The number of nitriles is 1. The summed E-state index contributed by atoms with van der Waals surface area (Å²) in [7, 11) is 1.56. The Kier molecular flexibility index (Phi) is 6.50. The molecular formula is C27H33FN8O. The zero-order valence-electron chi connectivity index (χ0n) is 22.5. The zero-order valence-corrected chi connectivity index (χ0v) is 21.5. The number of nitrogens with zero attached hydrogens (tertiary/aromatic N) is 4. The molecule has 0 amide bonds. The molecule has 2 fully saturated rings. The highest BCUT2D eigenvalue weighted by atomic mass is 19.1. The van der Waals surface area contributed by atoms with Crippen LogP contribution in [0.5, 0.6) is 5.75 Å². The molecule has 0 radical (unpaired) electrons. The minimum absolute atomic E-state index is 0.0250. The fourth-order valence-corrected chi connectivity index (χ4v) is 4.42. The number of methoxy groups -OCH3 is 1. The van der Waals surface area contributed by atoms with Gasteiger partial charge in [-0.3, -0.25) is 4.98 Å². The Morgan fingerprint density at radius 3 is 2.76 bits per heavy atom. The number of hydrogen-bond donors (Lipinski definition) is 4. The van der Waals surface area contributed by atoms with Crippen LogP contribution >= 0.6 is 0 Å². The average molecular weight is 506 g/mol. The van der Waals surface area contributed by atoms with E-state index in [1.54, 1.807) is 25.4 Å². The summed E-state index contributed by atoms with van der Waals surface area (Å²) in [6.45, 7) is 7.55. The highest BCUT2D eigenvalue weighted by Crippen LogP contribution is 2.37. The molecule has 37 heavy (non-hydrogen) atoms. The minimum Gasteiger partial charge on any atom is -0.494 e. The van der Waals surface area contributed by atoms with E-state index in [0.717, 1.165) is 12.8 Å². The van der Waals surface area contributed by atoms with Gasteiger partial charge in [0, 0.05) is 48.7 Å². The molecule has 0 spiro atoms. The molecule has 0 bridgehead atoms. The van der Waals surface area contributed by atoms with Gasteiger partial charge in [0.25, 0.3) is 0 Å². The van der Waals surface area contributed by atoms with E-state index in [0.29, 0.717) is 58.3 Å². The molecule has 2 aliphatic rings. The van der Waals surface area contributed by atoms with E-state index >= 15 is 0 Å². The third kappa shape index (κ3) is 5.59. The Morgan fingerprint density at radius 2 is 2.11 bits per heavy atom. The van der Waals surface area contributed by atoms with Gasteiger partial charge in [0.15, 0.2) is 0 Å². The number of rotatable bonds is 8. The number of pyridine rings is 2. The first-order chi connectivity index (χ1) is 18.1. The largest absolute Gasteiger partial charge is 0.494 e. The first-order valence-electron chi connectivity index (χ1n) is 12.9. The lowest BCUT2D eigenvalue weighted by Gasteiger charge is -2.26. The third-order valence-corrected chi connectivity index (χ3v) is 6.49. The summed E-state index contributed by atoms with van der Waals surface area (Å²) in [4.78, 5) is 8.33. The molecule has 10 heteroatoms. The number of ether oxygens (including phenoxy) is 1. The quantitative estimate of drug-likeness (QED) is 0.336. The maximum Gasteiger partial charge on any atom is 0.212 e. The van der Waals surface area contributed by atoms with Crippen LogP contribution in [0.25, 0.3) is 10.9 Å². The summed E-state index contributed by atoms with van der Waals surface area (Å²) in [6.07, 6.45) is 5.15. The summed E-state index contributed by atoms with van der Waals surface area (Å²) in [5.41, 5.74) is 9.19. The van der Waals surface area contributed by atoms with Crippen LogP contribution < -0.4 is 26.3 Å². The number of nitrogens with one attached hydrogen (secondary N) is 4. The second kappa shape index (κ2) is 10.1. The Hall–Kier alpha value is -3.52. The SMILES string of the molecule is [2H]C(Nc1cc(OC)c2ncc(C#N)c(NCC(C)(C)C)c2c1)(c1ccc(F)nc1)C1CN(C2CC2)NN1. The molecule has 2 unspecified atom stereocenters. The molecule has 9 nitrogen and oxygen atoms in total. The fourth-order valence-electron chi connectivity index (χ4n) is 4.42. The molecule has 5 rings (SSSR count). The van der Waals surface area contributed by atoms with E-state index in [4.69, 9.17) is 4.74 Å². The predicted molar refractivity (Wildman–Crippen MR) is 141 cm³/mol. The fraction of sp³-hybridized carbons (Fsp3) is 0.444. The van der Waals surface area contributed by atoms with Gasteiger partial charge in [-0.15, -0.1) is 0 Å². The van der Waals surface area contributed by atoms with Gasteiger partial charge < -0.3 is 15.4 Å². The number of fused-ring (bicyclic) bond motifs is 1. The number of aromatic nitrogens is 2. The third-order valence-electron chi connectivity index (χ3n) is 6.49. The van der Waals surface area contributed by atoms with Gasteiger partial charge in [-0.1, -0.05) is 26.8 Å². The van der Waals surface area contributed by atoms with Crippen LogP contribution in [0.1, 0.15) is 52.1 Å². The second-order valence-corrected chi connectivity index (χ2v) is 10.7. The molecule has 2 atom stereocenters. The van der Waals surface area contributed by atoms with Gasteiger partial charge in [0.1, 0.15) is 17.3 Å². The van der Waals surface area contributed by atoms with Crippen molar-refractivity contribution in [2.24, 2.45) is 5.41 Å². The van der Waals surface area contributed by atoms with Gasteiger partial charge >= 0.3 is 0 Å². The molecule has 1 saturated carbocycles. The van der Waals surface area contributed by atoms with Gasteiger partial charge in [-0.25, -0.2) is 15.4 Å². The predicted octanol–water partition coefficient (Wildman–Crippen LogP) is 4.12. The zero-order chi connectivity index (χ0) is 27.1. The smallest absolute Gasteiger partial charge is 0.212 e. The van der Waals surface area contributed by atoms with E-state index in [-0.39, 0.29) is 11.5 Å². The van der Waals surface area contributed by atoms with Crippen molar-refractivity contribution in [3.8, 4) is 11.8 Å². The number of hydrogen-bond acceptors (Lipinski definition) is 9. The summed E-state index contributed by atoms with van der Waals surface area (Å²) >= 11 is 0. The molecule has 2 aromatic heterocycles. The molecule has 1 aliphatic heterocycles. The molecule has 194 valence electrons. The second-order valence-electron chi connectivity index (χ2n) is 10.7. The van der Waals surface area contributed by atoms with Crippen molar-refractivity contribution in [1.82, 2.24) is 25.9 Å². The van der Waals surface area contributed by atoms with Crippen LogP contribution in [0.15, 0.2) is 36.7 Å². The summed E-state index contributed by atoms with van der Waals surface area (Å²) < 4.78 is 29.0. The number of halogens is 1. The maximum absolute atomic E-state index is 13.7. The average Bonchev–Trinajstić information content (AvgIpc) is 3.62. The lowest BCUT2D eigenvalue weighted by molar-refractivity contribution is 0.222. The van der Waals surface area contributed by atoms with Crippen LogP contribution in [-0.4, -0.2) is 47.3 Å². The van der Waals surface area contributed by atoms with Crippen molar-refractivity contribution in [2.45, 2.75) is 51.7 Å². The highest BCUT2D eigenvalue weighted by Gasteiger charge is 2.38. The van der Waals surface area contributed by atoms with Crippen molar-refractivity contribution in [2.75, 3.05) is 30.8 Å². The van der Waals surface area contributed by atoms with E-state index in [1.807, 2.05) is 6.07 Å². The lowest BCUT2D eigenvalue weighted by Crippen LogP contribution is -2.40. The van der Waals surface area contributed by atoms with Crippen molar-refractivity contribution >= 4 is 22.3 Å². The molecule has 1 aliphatic carbocycles. The van der Waals surface area contributed by atoms with Crippen LogP contribution in [0.2, 0.25) is 0 Å². The summed E-state index contributed by atoms with van der Waals surface area (Å²) in [5, 5.41) is 19.4. The maximum atomic E-state index is 13.7. The normalized spacial score (nSPS) is 20.2. The molecular weight excluding hydrogens is 471 g/mol. The molecule has 3 heterocycles. The molecule has 4 N–H and O–H groups in total. The summed E-state index contributed by atoms with van der Waals surface area (Å²) in [6, 6.07) is 7.37. The lowest BCUT2D eigenvalue weighted by atomic mass is 9.96. The van der Waals surface area contributed by atoms with Crippen molar-refractivity contribution < 1.29 is 10.5 Å². The number of benzene rings is 1. The number of hydrazine groups is 2. The van der Waals surface area contributed by atoms with E-state index < -0.39 is 12.0 Å².